The van der Waals surface area contributed by atoms with Gasteiger partial charge in [-0.15, -0.1) is 0 Å². The molecule has 4 N–H and O–H groups in total. The minimum atomic E-state index is -0.502. The first-order chi connectivity index (χ1) is 6.13. The minimum absolute atomic E-state index is 0.0875. The number of carbonyl (C=O) groups excluding carboxylic acids is 2. The topological polar surface area (TPSA) is 105 Å². The maximum atomic E-state index is 10.2. The molecule has 76 valence electrons. The Morgan fingerprint density at radius 3 is 1.62 bits per heavy atom. The third-order valence-corrected chi connectivity index (χ3v) is 1.07. The van der Waals surface area contributed by atoms with Crippen LogP contribution in [0.4, 0.5) is 0 Å². The molecule has 0 saturated heterocycles. The maximum absolute atomic E-state index is 10.2. The van der Waals surface area contributed by atoms with Crippen LogP contribution >= 0.6 is 0 Å². The molecular weight excluding hydrogens is 176 g/mol. The average Bonchev–Trinajstić information content (AvgIpc) is 2.01. The number of amides is 2. The number of primary amides is 2. The van der Waals surface area contributed by atoms with Gasteiger partial charge in [0.05, 0.1) is 0 Å². The van der Waals surface area contributed by atoms with Crippen LogP contribution in [0.2, 0.25) is 0 Å². The van der Waals surface area contributed by atoms with Crippen molar-refractivity contribution < 1.29 is 19.1 Å². The number of nitrogens with two attached hydrogens (primary N) is 2. The Morgan fingerprint density at radius 1 is 0.923 bits per heavy atom. The van der Waals surface area contributed by atoms with Crippen molar-refractivity contribution in [2.75, 3.05) is 26.4 Å². The van der Waals surface area contributed by atoms with Gasteiger partial charge in [-0.05, 0) is 6.42 Å². The Morgan fingerprint density at radius 2 is 1.31 bits per heavy atom. The van der Waals surface area contributed by atoms with Gasteiger partial charge in [0.25, 0.3) is 0 Å². The van der Waals surface area contributed by atoms with Crippen LogP contribution in [0.5, 0.6) is 0 Å². The van der Waals surface area contributed by atoms with E-state index in [0.717, 1.165) is 0 Å². The van der Waals surface area contributed by atoms with E-state index >= 15 is 0 Å². The molecule has 0 radical (unpaired) electrons. The van der Waals surface area contributed by atoms with Gasteiger partial charge in [0, 0.05) is 13.2 Å². The van der Waals surface area contributed by atoms with E-state index in [2.05, 4.69) is 0 Å². The Hall–Kier alpha value is -1.14. The van der Waals surface area contributed by atoms with Crippen LogP contribution in [-0.2, 0) is 19.1 Å². The highest BCUT2D eigenvalue weighted by molar-refractivity contribution is 5.75. The van der Waals surface area contributed by atoms with Gasteiger partial charge in [0.15, 0.2) is 0 Å². The van der Waals surface area contributed by atoms with Crippen molar-refractivity contribution in [2.24, 2.45) is 11.5 Å². The molecule has 0 aromatic heterocycles. The summed E-state index contributed by atoms with van der Waals surface area (Å²) < 4.78 is 9.66. The van der Waals surface area contributed by atoms with E-state index in [-0.39, 0.29) is 13.2 Å². The first-order valence-corrected chi connectivity index (χ1v) is 3.85. The lowest BCUT2D eigenvalue weighted by Gasteiger charge is -2.01. The predicted octanol–water partition coefficient (Wildman–Crippen LogP) is -1.62. The molecule has 13 heavy (non-hydrogen) atoms. The molecule has 6 nitrogen and oxygen atoms in total. The second-order valence-electron chi connectivity index (χ2n) is 2.39. The van der Waals surface area contributed by atoms with E-state index in [0.29, 0.717) is 19.6 Å². The molecule has 0 bridgehead atoms. The quantitative estimate of drug-likeness (QED) is 0.449. The molecule has 0 aromatic carbocycles. The second kappa shape index (κ2) is 7.51. The molecule has 0 aromatic rings. The minimum Gasteiger partial charge on any atom is -0.372 e. The predicted molar refractivity (Wildman–Crippen MR) is 44.6 cm³/mol. The number of ether oxygens (including phenoxy) is 2. The zero-order valence-corrected chi connectivity index (χ0v) is 7.32. The second-order valence-corrected chi connectivity index (χ2v) is 2.39. The molecule has 0 heterocycles. The van der Waals surface area contributed by atoms with Crippen LogP contribution in [0.15, 0.2) is 0 Å². The third kappa shape index (κ3) is 10.9. The highest BCUT2D eigenvalue weighted by Gasteiger charge is 1.95. The van der Waals surface area contributed by atoms with Crippen LogP contribution in [0.3, 0.4) is 0 Å². The lowest BCUT2D eigenvalue weighted by atomic mass is 10.5. The van der Waals surface area contributed by atoms with Gasteiger partial charge >= 0.3 is 0 Å². The van der Waals surface area contributed by atoms with Crippen molar-refractivity contribution in [2.45, 2.75) is 6.42 Å². The Bertz CT molecular complexity index is 154. The smallest absolute Gasteiger partial charge is 0.243 e. The molecule has 0 fully saturated rings. The molecule has 0 aliphatic heterocycles. The van der Waals surface area contributed by atoms with Crippen LogP contribution < -0.4 is 11.5 Å². The molecule has 0 aliphatic rings. The maximum Gasteiger partial charge on any atom is 0.243 e. The van der Waals surface area contributed by atoms with Crippen molar-refractivity contribution in [1.82, 2.24) is 0 Å². The monoisotopic (exact) mass is 190 g/mol. The summed E-state index contributed by atoms with van der Waals surface area (Å²) in [5.41, 5.74) is 9.63. The molecular formula is C7H14N2O4. The van der Waals surface area contributed by atoms with Crippen LogP contribution in [-0.4, -0.2) is 38.2 Å². The fraction of sp³-hybridized carbons (Fsp3) is 0.714. The van der Waals surface area contributed by atoms with E-state index in [1.807, 2.05) is 0 Å². The van der Waals surface area contributed by atoms with E-state index < -0.39 is 11.8 Å². The van der Waals surface area contributed by atoms with E-state index in [4.69, 9.17) is 20.9 Å². The summed E-state index contributed by atoms with van der Waals surface area (Å²) in [4.78, 5) is 20.4. The standard InChI is InChI=1S/C7H14N2O4/c8-6(10)4-12-2-1-3-13-5-7(9)11/h1-5H2,(H2,8,10)(H2,9,11). The summed E-state index contributed by atoms with van der Waals surface area (Å²) >= 11 is 0. The van der Waals surface area contributed by atoms with Crippen molar-refractivity contribution in [3.63, 3.8) is 0 Å². The van der Waals surface area contributed by atoms with Crippen molar-refractivity contribution in [3.8, 4) is 0 Å². The molecule has 2 amide bonds. The summed E-state index contributed by atoms with van der Waals surface area (Å²) in [7, 11) is 0. The Balaban J connectivity index is 3.00. The van der Waals surface area contributed by atoms with Crippen molar-refractivity contribution in [3.05, 3.63) is 0 Å². The zero-order valence-electron chi connectivity index (χ0n) is 7.32. The highest BCUT2D eigenvalue weighted by atomic mass is 16.5. The molecule has 0 spiro atoms. The molecule has 0 rings (SSSR count). The van der Waals surface area contributed by atoms with Gasteiger partial charge in [-0.1, -0.05) is 0 Å². The largest absolute Gasteiger partial charge is 0.372 e. The van der Waals surface area contributed by atoms with Crippen LogP contribution in [0.1, 0.15) is 6.42 Å². The number of hydrogen-bond acceptors (Lipinski definition) is 4. The molecule has 6 heteroatoms. The van der Waals surface area contributed by atoms with Crippen molar-refractivity contribution in [1.29, 1.82) is 0 Å². The zero-order chi connectivity index (χ0) is 10.1. The van der Waals surface area contributed by atoms with Gasteiger partial charge in [-0.25, -0.2) is 0 Å². The molecule has 0 saturated carbocycles. The number of rotatable bonds is 8. The van der Waals surface area contributed by atoms with Gasteiger partial charge in [-0.3, -0.25) is 9.59 Å². The number of hydrogen-bond donors (Lipinski definition) is 2. The molecule has 0 atom stereocenters. The summed E-state index contributed by atoms with van der Waals surface area (Å²) in [6.45, 7) is 0.578. The van der Waals surface area contributed by atoms with Gasteiger partial charge < -0.3 is 20.9 Å². The van der Waals surface area contributed by atoms with E-state index in [1.165, 1.54) is 0 Å². The van der Waals surface area contributed by atoms with Gasteiger partial charge in [-0.2, -0.15) is 0 Å². The van der Waals surface area contributed by atoms with E-state index in [1.54, 1.807) is 0 Å². The normalized spacial score (nSPS) is 9.85. The Kier molecular flexibility index (Phi) is 6.85. The first-order valence-electron chi connectivity index (χ1n) is 3.85. The fourth-order valence-electron chi connectivity index (χ4n) is 0.609. The summed E-state index contributed by atoms with van der Waals surface area (Å²) in [5.74, 6) is -1.00. The lowest BCUT2D eigenvalue weighted by molar-refractivity contribution is -0.122. The summed E-state index contributed by atoms with van der Waals surface area (Å²) in [6.07, 6.45) is 0.598. The third-order valence-electron chi connectivity index (χ3n) is 1.07. The lowest BCUT2D eigenvalue weighted by Crippen LogP contribution is -2.20. The first kappa shape index (κ1) is 11.9. The average molecular weight is 190 g/mol. The Labute approximate surface area is 76.2 Å². The van der Waals surface area contributed by atoms with Gasteiger partial charge in [0.2, 0.25) is 11.8 Å². The summed E-state index contributed by atoms with van der Waals surface area (Å²) in [5, 5.41) is 0. The number of carbonyl (C=O) groups is 2. The summed E-state index contributed by atoms with van der Waals surface area (Å²) in [6, 6.07) is 0. The SMILES string of the molecule is NC(=O)COCCCOCC(N)=O. The van der Waals surface area contributed by atoms with Crippen LogP contribution in [0.25, 0.3) is 0 Å². The fourth-order valence-corrected chi connectivity index (χ4v) is 0.609. The van der Waals surface area contributed by atoms with Crippen molar-refractivity contribution >= 4 is 11.8 Å². The molecule has 0 aliphatic carbocycles. The molecule has 0 unspecified atom stereocenters. The highest BCUT2D eigenvalue weighted by Crippen LogP contribution is 1.84. The van der Waals surface area contributed by atoms with E-state index in [9.17, 15) is 9.59 Å². The van der Waals surface area contributed by atoms with Crippen LogP contribution in [0, 0.1) is 0 Å². The van der Waals surface area contributed by atoms with Gasteiger partial charge in [0.1, 0.15) is 13.2 Å².